The zero-order valence-corrected chi connectivity index (χ0v) is 18.7. The van der Waals surface area contributed by atoms with Crippen molar-refractivity contribution in [3.05, 3.63) is 58.9 Å². The van der Waals surface area contributed by atoms with Crippen LogP contribution in [0.2, 0.25) is 0 Å². The molecule has 5 nitrogen and oxygen atoms in total. The summed E-state index contributed by atoms with van der Waals surface area (Å²) >= 11 is 4.60. The SMILES string of the molecule is CCOC(=O)Cn1c(=NC(=O)CSCc2ccccc2)sc2cc(SC)ccc21. The van der Waals surface area contributed by atoms with Crippen molar-refractivity contribution in [1.29, 1.82) is 0 Å². The number of benzene rings is 2. The second kappa shape index (κ2) is 10.7. The van der Waals surface area contributed by atoms with Crippen LogP contribution < -0.4 is 4.80 Å². The molecule has 0 atom stereocenters. The highest BCUT2D eigenvalue weighted by Gasteiger charge is 2.13. The summed E-state index contributed by atoms with van der Waals surface area (Å²) in [7, 11) is 0. The lowest BCUT2D eigenvalue weighted by atomic mass is 10.2. The van der Waals surface area contributed by atoms with Crippen LogP contribution in [-0.2, 0) is 26.6 Å². The van der Waals surface area contributed by atoms with Gasteiger partial charge in [0.1, 0.15) is 6.54 Å². The standard InChI is InChI=1S/C21H22N2O3S3/c1-3-26-20(25)12-23-17-10-9-16(27-2)11-18(17)29-21(23)22-19(24)14-28-13-15-7-5-4-6-8-15/h4-11H,3,12-14H2,1-2H3. The zero-order chi connectivity index (χ0) is 20.6. The summed E-state index contributed by atoms with van der Waals surface area (Å²) in [6.45, 7) is 2.13. The number of esters is 1. The van der Waals surface area contributed by atoms with Gasteiger partial charge in [-0.1, -0.05) is 41.7 Å². The number of fused-ring (bicyclic) bond motifs is 1. The molecule has 1 aromatic heterocycles. The highest BCUT2D eigenvalue weighted by atomic mass is 32.2. The van der Waals surface area contributed by atoms with Crippen molar-refractivity contribution >= 4 is 57.0 Å². The number of thioether (sulfide) groups is 2. The lowest BCUT2D eigenvalue weighted by Gasteiger charge is -2.05. The first-order chi connectivity index (χ1) is 14.1. The smallest absolute Gasteiger partial charge is 0.326 e. The Kier molecular flexibility index (Phi) is 7.97. The topological polar surface area (TPSA) is 60.7 Å². The van der Waals surface area contributed by atoms with Gasteiger partial charge in [-0.15, -0.1) is 23.5 Å². The van der Waals surface area contributed by atoms with E-state index in [0.717, 1.165) is 20.9 Å². The van der Waals surface area contributed by atoms with Gasteiger partial charge in [-0.25, -0.2) is 0 Å². The summed E-state index contributed by atoms with van der Waals surface area (Å²) in [4.78, 5) is 30.5. The molecular weight excluding hydrogens is 424 g/mol. The van der Waals surface area contributed by atoms with E-state index in [1.165, 1.54) is 28.7 Å². The summed E-state index contributed by atoms with van der Waals surface area (Å²) in [6.07, 6.45) is 2.01. The molecule has 0 unspecified atom stereocenters. The molecule has 0 bridgehead atoms. The Morgan fingerprint density at radius 3 is 2.69 bits per heavy atom. The van der Waals surface area contributed by atoms with Crippen LogP contribution in [0.25, 0.3) is 10.2 Å². The highest BCUT2D eigenvalue weighted by molar-refractivity contribution is 7.99. The van der Waals surface area contributed by atoms with E-state index in [-0.39, 0.29) is 18.4 Å². The van der Waals surface area contributed by atoms with Gasteiger partial charge in [-0.2, -0.15) is 4.99 Å². The second-order valence-electron chi connectivity index (χ2n) is 6.09. The number of rotatable bonds is 8. The second-order valence-corrected chi connectivity index (χ2v) is 8.97. The van der Waals surface area contributed by atoms with Crippen molar-refractivity contribution in [2.45, 2.75) is 24.1 Å². The number of hydrogen-bond donors (Lipinski definition) is 0. The van der Waals surface area contributed by atoms with Gasteiger partial charge in [0.2, 0.25) is 0 Å². The number of carbonyl (C=O) groups is 2. The molecule has 0 aliphatic rings. The Morgan fingerprint density at radius 1 is 1.17 bits per heavy atom. The van der Waals surface area contributed by atoms with E-state index in [1.807, 2.05) is 48.7 Å². The van der Waals surface area contributed by atoms with E-state index in [0.29, 0.717) is 17.2 Å². The van der Waals surface area contributed by atoms with Crippen molar-refractivity contribution in [3.8, 4) is 0 Å². The Bertz CT molecular complexity index is 1060. The summed E-state index contributed by atoms with van der Waals surface area (Å²) in [6, 6.07) is 16.0. The molecule has 0 N–H and O–H groups in total. The first kappa shape index (κ1) is 21.7. The van der Waals surface area contributed by atoms with Gasteiger partial charge < -0.3 is 9.30 Å². The van der Waals surface area contributed by atoms with Gasteiger partial charge in [0, 0.05) is 10.6 Å². The summed E-state index contributed by atoms with van der Waals surface area (Å²) in [5.41, 5.74) is 2.05. The maximum absolute atomic E-state index is 12.5. The Labute approximate surface area is 182 Å². The van der Waals surface area contributed by atoms with Crippen molar-refractivity contribution in [2.75, 3.05) is 18.6 Å². The van der Waals surface area contributed by atoms with Crippen molar-refractivity contribution in [1.82, 2.24) is 4.57 Å². The number of nitrogens with zero attached hydrogens (tertiary/aromatic N) is 2. The van der Waals surface area contributed by atoms with Gasteiger partial charge in [0.15, 0.2) is 4.80 Å². The molecule has 3 rings (SSSR count). The largest absolute Gasteiger partial charge is 0.465 e. The van der Waals surface area contributed by atoms with Crippen molar-refractivity contribution < 1.29 is 14.3 Å². The summed E-state index contributed by atoms with van der Waals surface area (Å²) in [5, 5.41) is 0. The summed E-state index contributed by atoms with van der Waals surface area (Å²) in [5.74, 6) is 0.501. The number of ether oxygens (including phenoxy) is 1. The molecule has 1 heterocycles. The fourth-order valence-corrected chi connectivity index (χ4v) is 5.09. The van der Waals surface area contributed by atoms with E-state index < -0.39 is 0 Å². The molecule has 2 aromatic carbocycles. The van der Waals surface area contributed by atoms with Crippen LogP contribution in [0.15, 0.2) is 58.4 Å². The van der Waals surface area contributed by atoms with E-state index in [9.17, 15) is 9.59 Å². The molecule has 29 heavy (non-hydrogen) atoms. The van der Waals surface area contributed by atoms with Crippen LogP contribution in [0.4, 0.5) is 0 Å². The molecule has 0 spiro atoms. The zero-order valence-electron chi connectivity index (χ0n) is 16.3. The van der Waals surface area contributed by atoms with Gasteiger partial charge >= 0.3 is 5.97 Å². The quantitative estimate of drug-likeness (QED) is 0.380. The van der Waals surface area contributed by atoms with Gasteiger partial charge in [0.25, 0.3) is 5.91 Å². The summed E-state index contributed by atoms with van der Waals surface area (Å²) < 4.78 is 7.85. The van der Waals surface area contributed by atoms with Crippen molar-refractivity contribution in [2.24, 2.45) is 4.99 Å². The molecule has 152 valence electrons. The molecule has 0 saturated carbocycles. The van der Waals surface area contributed by atoms with E-state index in [4.69, 9.17) is 4.74 Å². The third-order valence-corrected chi connectivity index (χ3v) is 6.79. The molecule has 0 aliphatic heterocycles. The predicted octanol–water partition coefficient (Wildman–Crippen LogP) is 4.35. The first-order valence-corrected chi connectivity index (χ1v) is 12.3. The number of carbonyl (C=O) groups excluding carboxylic acids is 2. The van der Waals surface area contributed by atoms with E-state index in [2.05, 4.69) is 11.1 Å². The molecular formula is C21H22N2O3S3. The third-order valence-electron chi connectivity index (χ3n) is 4.04. The molecule has 0 aliphatic carbocycles. The monoisotopic (exact) mass is 446 g/mol. The number of aromatic nitrogens is 1. The fourth-order valence-electron chi connectivity index (χ4n) is 2.72. The predicted molar refractivity (Wildman–Crippen MR) is 121 cm³/mol. The Hall–Kier alpha value is -2.03. The minimum atomic E-state index is -0.339. The van der Waals surface area contributed by atoms with Crippen molar-refractivity contribution in [3.63, 3.8) is 0 Å². The molecule has 3 aromatic rings. The lowest BCUT2D eigenvalue weighted by molar-refractivity contribution is -0.143. The average Bonchev–Trinajstić information content (AvgIpc) is 3.05. The Morgan fingerprint density at radius 2 is 1.97 bits per heavy atom. The van der Waals surface area contributed by atoms with Crippen LogP contribution in [0.3, 0.4) is 0 Å². The lowest BCUT2D eigenvalue weighted by Crippen LogP contribution is -2.23. The highest BCUT2D eigenvalue weighted by Crippen LogP contribution is 2.24. The van der Waals surface area contributed by atoms with Crippen LogP contribution in [-0.4, -0.2) is 35.1 Å². The third kappa shape index (κ3) is 5.98. The maximum Gasteiger partial charge on any atom is 0.326 e. The number of thiazole rings is 1. The molecule has 0 saturated heterocycles. The minimum absolute atomic E-state index is 0.0374. The fraction of sp³-hybridized carbons (Fsp3) is 0.286. The van der Waals surface area contributed by atoms with E-state index >= 15 is 0 Å². The van der Waals surface area contributed by atoms with Gasteiger partial charge in [-0.05, 0) is 36.9 Å². The molecule has 1 amide bonds. The minimum Gasteiger partial charge on any atom is -0.465 e. The maximum atomic E-state index is 12.5. The average molecular weight is 447 g/mol. The Balaban J connectivity index is 1.83. The van der Waals surface area contributed by atoms with Crippen LogP contribution in [0.1, 0.15) is 12.5 Å². The first-order valence-electron chi connectivity index (χ1n) is 9.13. The van der Waals surface area contributed by atoms with Crippen LogP contribution in [0, 0.1) is 0 Å². The van der Waals surface area contributed by atoms with E-state index in [1.54, 1.807) is 23.3 Å². The van der Waals surface area contributed by atoms with Gasteiger partial charge in [0.05, 0.1) is 22.6 Å². The van der Waals surface area contributed by atoms with Crippen LogP contribution >= 0.6 is 34.9 Å². The number of hydrogen-bond acceptors (Lipinski definition) is 6. The molecule has 8 heteroatoms. The molecule has 0 fully saturated rings. The molecule has 0 radical (unpaired) electrons. The number of amides is 1. The van der Waals surface area contributed by atoms with Crippen LogP contribution in [0.5, 0.6) is 0 Å². The normalized spacial score (nSPS) is 11.7. The van der Waals surface area contributed by atoms with Gasteiger partial charge in [-0.3, -0.25) is 9.59 Å².